The fraction of sp³-hybridized carbons (Fsp3) is 0.750. The van der Waals surface area contributed by atoms with Crippen molar-refractivity contribution >= 4 is 17.9 Å². The Kier molecular flexibility index (Phi) is 4.24. The summed E-state index contributed by atoms with van der Waals surface area (Å²) in [4.78, 5) is 36.0. The molecule has 26 heavy (non-hydrogen) atoms. The Morgan fingerprint density at radius 1 is 1.35 bits per heavy atom. The number of esters is 1. The molecular formula is C20H28O6. The van der Waals surface area contributed by atoms with Crippen LogP contribution in [0.5, 0.6) is 0 Å². The Labute approximate surface area is 153 Å². The first-order chi connectivity index (χ1) is 11.9. The monoisotopic (exact) mass is 364 g/mol. The van der Waals surface area contributed by atoms with Crippen LogP contribution in [0, 0.1) is 28.1 Å². The molecule has 0 aromatic carbocycles. The zero-order valence-corrected chi connectivity index (χ0v) is 15.9. The molecule has 5 atom stereocenters. The first kappa shape index (κ1) is 18.9. The lowest BCUT2D eigenvalue weighted by Crippen LogP contribution is -2.61. The van der Waals surface area contributed by atoms with Crippen LogP contribution in [0.2, 0.25) is 0 Å². The van der Waals surface area contributed by atoms with Crippen molar-refractivity contribution in [3.05, 3.63) is 11.6 Å². The zero-order valence-electron chi connectivity index (χ0n) is 15.9. The summed E-state index contributed by atoms with van der Waals surface area (Å²) in [5.41, 5.74) is -0.998. The second-order valence-corrected chi connectivity index (χ2v) is 9.28. The predicted molar refractivity (Wildman–Crippen MR) is 93.3 cm³/mol. The molecule has 1 saturated carbocycles. The molecule has 1 saturated heterocycles. The molecule has 0 bridgehead atoms. The van der Waals surface area contributed by atoms with Gasteiger partial charge in [-0.15, -0.1) is 0 Å². The van der Waals surface area contributed by atoms with Crippen LogP contribution in [0.1, 0.15) is 59.8 Å². The number of aliphatic carboxylic acids is 2. The number of rotatable bonds is 4. The smallest absolute Gasteiger partial charge is 0.309 e. The van der Waals surface area contributed by atoms with Crippen LogP contribution in [-0.2, 0) is 19.1 Å². The molecule has 5 unspecified atom stereocenters. The second kappa shape index (κ2) is 5.83. The lowest BCUT2D eigenvalue weighted by atomic mass is 9.44. The lowest BCUT2D eigenvalue weighted by molar-refractivity contribution is -0.205. The van der Waals surface area contributed by atoms with Gasteiger partial charge in [-0.1, -0.05) is 12.5 Å². The van der Waals surface area contributed by atoms with Gasteiger partial charge in [0.25, 0.3) is 0 Å². The first-order valence-corrected chi connectivity index (χ1v) is 9.25. The van der Waals surface area contributed by atoms with Gasteiger partial charge in [-0.2, -0.15) is 0 Å². The van der Waals surface area contributed by atoms with E-state index in [0.29, 0.717) is 6.42 Å². The van der Waals surface area contributed by atoms with Gasteiger partial charge in [-0.3, -0.25) is 14.4 Å². The van der Waals surface area contributed by atoms with Crippen molar-refractivity contribution in [3.63, 3.8) is 0 Å². The van der Waals surface area contributed by atoms with Crippen LogP contribution in [0.3, 0.4) is 0 Å². The first-order valence-electron chi connectivity index (χ1n) is 9.25. The summed E-state index contributed by atoms with van der Waals surface area (Å²) < 4.78 is 5.63. The van der Waals surface area contributed by atoms with Crippen LogP contribution in [0.15, 0.2) is 11.6 Å². The van der Waals surface area contributed by atoms with Crippen molar-refractivity contribution in [1.29, 1.82) is 0 Å². The van der Waals surface area contributed by atoms with Crippen molar-refractivity contribution in [2.75, 3.05) is 0 Å². The molecular weight excluding hydrogens is 336 g/mol. The van der Waals surface area contributed by atoms with E-state index in [1.165, 1.54) is 0 Å². The van der Waals surface area contributed by atoms with E-state index in [0.717, 1.165) is 18.4 Å². The Morgan fingerprint density at radius 3 is 2.58 bits per heavy atom. The highest BCUT2D eigenvalue weighted by molar-refractivity contribution is 5.76. The summed E-state index contributed by atoms with van der Waals surface area (Å²) in [7, 11) is 0. The van der Waals surface area contributed by atoms with Crippen molar-refractivity contribution in [2.45, 2.75) is 65.9 Å². The zero-order chi connectivity index (χ0) is 19.5. The van der Waals surface area contributed by atoms with E-state index in [4.69, 9.17) is 4.74 Å². The fourth-order valence-electron chi connectivity index (χ4n) is 6.32. The molecule has 2 N–H and O–H groups in total. The molecule has 144 valence electrons. The van der Waals surface area contributed by atoms with Gasteiger partial charge >= 0.3 is 17.9 Å². The minimum absolute atomic E-state index is 0.139. The van der Waals surface area contributed by atoms with Crippen LogP contribution in [-0.4, -0.2) is 34.2 Å². The molecule has 1 heterocycles. The SMILES string of the molecule is CC1=CC2OC(=O)CC3C(C)(CC(=O)O)C(C(C)(C)C(=O)O)CCC23C1. The number of hydrogen-bond donors (Lipinski definition) is 2. The summed E-state index contributed by atoms with van der Waals surface area (Å²) >= 11 is 0. The average molecular weight is 364 g/mol. The van der Waals surface area contributed by atoms with E-state index in [-0.39, 0.29) is 42.2 Å². The number of hydrogen-bond acceptors (Lipinski definition) is 4. The Bertz CT molecular complexity index is 692. The molecule has 3 rings (SSSR count). The van der Waals surface area contributed by atoms with Gasteiger partial charge in [0.15, 0.2) is 0 Å². The highest BCUT2D eigenvalue weighted by Gasteiger charge is 2.66. The molecule has 2 fully saturated rings. The number of carbonyl (C=O) groups is 3. The number of allylic oxidation sites excluding steroid dienone is 1. The normalized spacial score (nSPS) is 39.5. The van der Waals surface area contributed by atoms with E-state index < -0.39 is 22.8 Å². The highest BCUT2D eigenvalue weighted by Crippen LogP contribution is 2.67. The third kappa shape index (κ3) is 2.57. The number of carboxylic acids is 2. The lowest BCUT2D eigenvalue weighted by Gasteiger charge is -2.61. The summed E-state index contributed by atoms with van der Waals surface area (Å²) in [5.74, 6) is -2.72. The largest absolute Gasteiger partial charge is 0.481 e. The van der Waals surface area contributed by atoms with E-state index in [1.807, 2.05) is 19.9 Å². The standard InChI is InChI=1S/C20H28O6/c1-11-7-14-20(9-11)6-5-12(18(2,3)17(24)25)19(4,10-15(21)22)13(20)8-16(23)26-14/h7,12-14H,5-6,8-10H2,1-4H3,(H,21,22)(H,24,25). The third-order valence-electron chi connectivity index (χ3n) is 7.38. The molecule has 0 radical (unpaired) electrons. The van der Waals surface area contributed by atoms with Crippen LogP contribution in [0.4, 0.5) is 0 Å². The van der Waals surface area contributed by atoms with E-state index >= 15 is 0 Å². The fourth-order valence-corrected chi connectivity index (χ4v) is 6.32. The maximum Gasteiger partial charge on any atom is 0.309 e. The van der Waals surface area contributed by atoms with Crippen LogP contribution in [0.25, 0.3) is 0 Å². The van der Waals surface area contributed by atoms with Gasteiger partial charge in [0.1, 0.15) is 6.10 Å². The van der Waals surface area contributed by atoms with Gasteiger partial charge in [0, 0.05) is 11.8 Å². The average Bonchev–Trinajstić information content (AvgIpc) is 2.79. The topological polar surface area (TPSA) is 101 Å². The number of ether oxygens (including phenoxy) is 1. The second-order valence-electron chi connectivity index (χ2n) is 9.28. The summed E-state index contributed by atoms with van der Waals surface area (Å²) in [5, 5.41) is 19.4. The maximum absolute atomic E-state index is 12.3. The van der Waals surface area contributed by atoms with Gasteiger partial charge in [0.2, 0.25) is 0 Å². The van der Waals surface area contributed by atoms with Crippen molar-refractivity contribution in [1.82, 2.24) is 0 Å². The molecule has 1 spiro atoms. The number of carbonyl (C=O) groups excluding carboxylic acids is 1. The molecule has 0 aromatic rings. The van der Waals surface area contributed by atoms with Crippen LogP contribution < -0.4 is 0 Å². The van der Waals surface area contributed by atoms with E-state index in [9.17, 15) is 24.6 Å². The third-order valence-corrected chi connectivity index (χ3v) is 7.38. The van der Waals surface area contributed by atoms with Gasteiger partial charge in [-0.05, 0) is 63.4 Å². The Balaban J connectivity index is 2.11. The minimum atomic E-state index is -1.07. The van der Waals surface area contributed by atoms with Crippen molar-refractivity contribution < 1.29 is 29.3 Å². The molecule has 6 heteroatoms. The quantitative estimate of drug-likeness (QED) is 0.586. The van der Waals surface area contributed by atoms with Crippen molar-refractivity contribution in [3.8, 4) is 0 Å². The molecule has 0 amide bonds. The highest BCUT2D eigenvalue weighted by atomic mass is 16.5. The van der Waals surface area contributed by atoms with E-state index in [1.54, 1.807) is 13.8 Å². The molecule has 2 aliphatic carbocycles. The molecule has 1 aliphatic heterocycles. The van der Waals surface area contributed by atoms with Crippen LogP contribution >= 0.6 is 0 Å². The summed E-state index contributed by atoms with van der Waals surface area (Å²) in [6, 6.07) is 0. The van der Waals surface area contributed by atoms with Gasteiger partial charge < -0.3 is 14.9 Å². The molecule has 0 aromatic heterocycles. The van der Waals surface area contributed by atoms with Gasteiger partial charge in [-0.25, -0.2) is 0 Å². The maximum atomic E-state index is 12.3. The summed E-state index contributed by atoms with van der Waals surface area (Å²) in [6.45, 7) is 7.24. The predicted octanol–water partition coefficient (Wildman–Crippen LogP) is 3.26. The molecule has 6 nitrogen and oxygen atoms in total. The van der Waals surface area contributed by atoms with E-state index in [2.05, 4.69) is 0 Å². The van der Waals surface area contributed by atoms with Crippen molar-refractivity contribution in [2.24, 2.45) is 28.1 Å². The molecule has 3 aliphatic rings. The number of carboxylic acid groups (broad SMARTS) is 2. The minimum Gasteiger partial charge on any atom is -0.481 e. The summed E-state index contributed by atoms with van der Waals surface area (Å²) in [6.07, 6.45) is 3.84. The van der Waals surface area contributed by atoms with Gasteiger partial charge in [0.05, 0.1) is 11.8 Å². The Morgan fingerprint density at radius 2 is 2.00 bits per heavy atom. The Hall–Kier alpha value is -1.85.